The van der Waals surface area contributed by atoms with Gasteiger partial charge < -0.3 is 15.5 Å². The van der Waals surface area contributed by atoms with Gasteiger partial charge >= 0.3 is 0 Å². The maximum atomic E-state index is 14.2. The Morgan fingerprint density at radius 3 is 2.82 bits per heavy atom. The highest BCUT2D eigenvalue weighted by Crippen LogP contribution is 2.20. The van der Waals surface area contributed by atoms with Crippen LogP contribution < -0.4 is 10.6 Å². The molecule has 0 spiro atoms. The number of carbonyl (C=O) groups excluding carboxylic acids is 1. The van der Waals surface area contributed by atoms with Gasteiger partial charge in [-0.2, -0.15) is 0 Å². The molecule has 1 amide bonds. The largest absolute Gasteiger partial charge is 0.379 e. The van der Waals surface area contributed by atoms with E-state index in [2.05, 4.69) is 20.6 Å². The van der Waals surface area contributed by atoms with Gasteiger partial charge in [0, 0.05) is 44.0 Å². The summed E-state index contributed by atoms with van der Waals surface area (Å²) in [6, 6.07) is 10.0. The van der Waals surface area contributed by atoms with Crippen molar-refractivity contribution in [3.63, 3.8) is 0 Å². The zero-order valence-electron chi connectivity index (χ0n) is 15.2. The SMILES string of the molecule is O=C(c1ccc(F)c(NCC2=CN=C(Nc3ccccn3)C2)c1)N1CC=CC1. The smallest absolute Gasteiger partial charge is 0.254 e. The predicted octanol–water partition coefficient (Wildman–Crippen LogP) is 3.44. The van der Waals surface area contributed by atoms with E-state index in [1.54, 1.807) is 23.4 Å². The van der Waals surface area contributed by atoms with Gasteiger partial charge in [0.1, 0.15) is 17.5 Å². The monoisotopic (exact) mass is 377 g/mol. The van der Waals surface area contributed by atoms with Crippen LogP contribution in [0.15, 0.2) is 71.5 Å². The molecule has 3 heterocycles. The van der Waals surface area contributed by atoms with E-state index >= 15 is 0 Å². The number of anilines is 2. The van der Waals surface area contributed by atoms with E-state index in [9.17, 15) is 9.18 Å². The molecule has 0 saturated heterocycles. The second-order valence-electron chi connectivity index (χ2n) is 6.61. The number of benzene rings is 1. The highest BCUT2D eigenvalue weighted by molar-refractivity contribution is 5.98. The zero-order chi connectivity index (χ0) is 19.3. The van der Waals surface area contributed by atoms with E-state index in [0.717, 1.165) is 17.2 Å². The molecule has 2 aromatic rings. The highest BCUT2D eigenvalue weighted by atomic mass is 19.1. The summed E-state index contributed by atoms with van der Waals surface area (Å²) in [5.74, 6) is 1.04. The number of nitrogens with zero attached hydrogens (tertiary/aromatic N) is 3. The minimum absolute atomic E-state index is 0.0988. The summed E-state index contributed by atoms with van der Waals surface area (Å²) in [6.07, 6.45) is 8.00. The summed E-state index contributed by atoms with van der Waals surface area (Å²) in [5, 5.41) is 6.24. The van der Waals surface area contributed by atoms with Crippen LogP contribution in [0.2, 0.25) is 0 Å². The first-order valence-electron chi connectivity index (χ1n) is 9.09. The second-order valence-corrected chi connectivity index (χ2v) is 6.61. The fourth-order valence-electron chi connectivity index (χ4n) is 3.07. The van der Waals surface area contributed by atoms with Crippen LogP contribution in [0.1, 0.15) is 16.8 Å². The normalized spacial score (nSPS) is 15.4. The molecule has 2 aliphatic rings. The molecule has 0 bridgehead atoms. The van der Waals surface area contributed by atoms with Crippen molar-refractivity contribution in [1.82, 2.24) is 9.88 Å². The van der Waals surface area contributed by atoms with Crippen LogP contribution in [0.5, 0.6) is 0 Å². The van der Waals surface area contributed by atoms with Crippen LogP contribution in [0.25, 0.3) is 0 Å². The van der Waals surface area contributed by atoms with Crippen LogP contribution in [-0.2, 0) is 0 Å². The number of rotatable bonds is 5. The molecule has 0 unspecified atom stereocenters. The van der Waals surface area contributed by atoms with Gasteiger partial charge in [-0.05, 0) is 35.9 Å². The lowest BCUT2D eigenvalue weighted by Gasteiger charge is -2.16. The first kappa shape index (κ1) is 17.9. The zero-order valence-corrected chi connectivity index (χ0v) is 15.2. The Hall–Kier alpha value is -3.48. The lowest BCUT2D eigenvalue weighted by molar-refractivity contribution is 0.0800. The van der Waals surface area contributed by atoms with E-state index in [1.165, 1.54) is 12.1 Å². The number of nitrogens with one attached hydrogen (secondary N) is 2. The number of halogens is 1. The quantitative estimate of drug-likeness (QED) is 0.783. The van der Waals surface area contributed by atoms with Crippen molar-refractivity contribution in [3.05, 3.63) is 77.9 Å². The standard InChI is InChI=1S/C21H20FN5O/c22-17-7-6-16(21(28)27-9-3-4-10-27)12-18(17)24-13-15-11-20(25-14-15)26-19-5-1-2-8-23-19/h1-8,12,14,24H,9-11,13H2,(H,23,25,26). The van der Waals surface area contributed by atoms with Gasteiger partial charge in [-0.25, -0.2) is 14.4 Å². The summed E-state index contributed by atoms with van der Waals surface area (Å²) >= 11 is 0. The molecule has 6 nitrogen and oxygen atoms in total. The topological polar surface area (TPSA) is 69.6 Å². The first-order valence-corrected chi connectivity index (χ1v) is 9.09. The van der Waals surface area contributed by atoms with Crippen LogP contribution in [0.4, 0.5) is 15.9 Å². The third-order valence-corrected chi connectivity index (χ3v) is 4.56. The van der Waals surface area contributed by atoms with Crippen molar-refractivity contribution < 1.29 is 9.18 Å². The van der Waals surface area contributed by atoms with Gasteiger partial charge in [0.25, 0.3) is 5.91 Å². The minimum Gasteiger partial charge on any atom is -0.379 e. The number of amidine groups is 1. The summed E-state index contributed by atoms with van der Waals surface area (Å²) in [6.45, 7) is 1.63. The van der Waals surface area contributed by atoms with Crippen LogP contribution in [0.3, 0.4) is 0 Å². The molecule has 0 radical (unpaired) electrons. The van der Waals surface area contributed by atoms with Crippen LogP contribution >= 0.6 is 0 Å². The lowest BCUT2D eigenvalue weighted by Crippen LogP contribution is -2.28. The molecule has 1 aromatic heterocycles. The fraction of sp³-hybridized carbons (Fsp3) is 0.190. The number of aliphatic imine (C=N–C) groups is 1. The van der Waals surface area contributed by atoms with Gasteiger partial charge in [0.15, 0.2) is 0 Å². The van der Waals surface area contributed by atoms with E-state index in [4.69, 9.17) is 0 Å². The highest BCUT2D eigenvalue weighted by Gasteiger charge is 2.18. The summed E-state index contributed by atoms with van der Waals surface area (Å²) in [7, 11) is 0. The Balaban J connectivity index is 1.34. The van der Waals surface area contributed by atoms with Crippen molar-refractivity contribution in [1.29, 1.82) is 0 Å². The average Bonchev–Trinajstić information content (AvgIpc) is 3.40. The molecule has 0 fully saturated rings. The van der Waals surface area contributed by atoms with Crippen molar-refractivity contribution in [3.8, 4) is 0 Å². The van der Waals surface area contributed by atoms with Gasteiger partial charge in [-0.3, -0.25) is 4.79 Å². The lowest BCUT2D eigenvalue weighted by atomic mass is 10.1. The van der Waals surface area contributed by atoms with Crippen molar-refractivity contribution >= 4 is 23.2 Å². The average molecular weight is 377 g/mol. The van der Waals surface area contributed by atoms with Gasteiger partial charge in [-0.1, -0.05) is 18.2 Å². The Labute approximate surface area is 162 Å². The number of hydrogen-bond donors (Lipinski definition) is 2. The van der Waals surface area contributed by atoms with Crippen molar-refractivity contribution in [2.24, 2.45) is 4.99 Å². The van der Waals surface area contributed by atoms with E-state index < -0.39 is 0 Å². The summed E-state index contributed by atoms with van der Waals surface area (Å²) in [4.78, 5) is 22.7. The summed E-state index contributed by atoms with van der Waals surface area (Å²) < 4.78 is 14.2. The molecular formula is C21H20FN5O. The maximum Gasteiger partial charge on any atom is 0.254 e. The van der Waals surface area contributed by atoms with E-state index in [0.29, 0.717) is 37.3 Å². The second kappa shape index (κ2) is 8.04. The van der Waals surface area contributed by atoms with Crippen molar-refractivity contribution in [2.45, 2.75) is 6.42 Å². The molecule has 0 saturated carbocycles. The number of carbonyl (C=O) groups is 1. The molecule has 7 heteroatoms. The number of amides is 1. The number of aromatic nitrogens is 1. The number of hydrogen-bond acceptors (Lipinski definition) is 5. The molecule has 0 aliphatic carbocycles. The molecule has 2 aliphatic heterocycles. The Kier molecular flexibility index (Phi) is 5.14. The number of pyridine rings is 1. The van der Waals surface area contributed by atoms with Gasteiger partial charge in [0.2, 0.25) is 0 Å². The van der Waals surface area contributed by atoms with E-state index in [-0.39, 0.29) is 11.7 Å². The molecule has 4 rings (SSSR count). The molecule has 142 valence electrons. The molecule has 1 aromatic carbocycles. The first-order chi connectivity index (χ1) is 13.7. The van der Waals surface area contributed by atoms with E-state index in [1.807, 2.05) is 30.4 Å². The maximum absolute atomic E-state index is 14.2. The third-order valence-electron chi connectivity index (χ3n) is 4.56. The Morgan fingerprint density at radius 2 is 2.04 bits per heavy atom. The Morgan fingerprint density at radius 1 is 1.18 bits per heavy atom. The predicted molar refractivity (Wildman–Crippen MR) is 108 cm³/mol. The third kappa shape index (κ3) is 4.09. The molecule has 28 heavy (non-hydrogen) atoms. The Bertz CT molecular complexity index is 960. The van der Waals surface area contributed by atoms with Gasteiger partial charge in [-0.15, -0.1) is 0 Å². The molecule has 2 N–H and O–H groups in total. The minimum atomic E-state index is -0.387. The summed E-state index contributed by atoms with van der Waals surface area (Å²) in [5.41, 5.74) is 1.80. The molecule has 0 atom stereocenters. The van der Waals surface area contributed by atoms with Crippen LogP contribution in [-0.4, -0.2) is 41.3 Å². The van der Waals surface area contributed by atoms with Crippen molar-refractivity contribution in [2.75, 3.05) is 30.3 Å². The van der Waals surface area contributed by atoms with Gasteiger partial charge in [0.05, 0.1) is 5.69 Å². The molecular weight excluding hydrogens is 357 g/mol. The van der Waals surface area contributed by atoms with Crippen LogP contribution in [0, 0.1) is 5.82 Å². The fourth-order valence-corrected chi connectivity index (χ4v) is 3.07.